The molecule has 0 heterocycles. The minimum atomic E-state index is 1.02. The largest absolute Gasteiger partial charge is 0.317 e. The van der Waals surface area contributed by atoms with Gasteiger partial charge in [-0.25, -0.2) is 0 Å². The predicted octanol–water partition coefficient (Wildman–Crippen LogP) is 1.90. The van der Waals surface area contributed by atoms with Crippen LogP contribution in [0.25, 0.3) is 0 Å². The molecule has 0 aliphatic rings. The van der Waals surface area contributed by atoms with Crippen LogP contribution in [0.3, 0.4) is 0 Å². The van der Waals surface area contributed by atoms with Crippen LogP contribution in [-0.4, -0.2) is 32.1 Å². The first-order valence-corrected chi connectivity index (χ1v) is 5.65. The highest BCUT2D eigenvalue weighted by molar-refractivity contribution is 5.22. The monoisotopic (exact) mass is 206 g/mol. The van der Waals surface area contributed by atoms with E-state index in [1.807, 2.05) is 0 Å². The summed E-state index contributed by atoms with van der Waals surface area (Å²) in [6.07, 6.45) is 1.12. The molecule has 0 spiro atoms. The molecule has 84 valence electrons. The van der Waals surface area contributed by atoms with Crippen molar-refractivity contribution in [2.45, 2.75) is 19.9 Å². The molecule has 1 N–H and O–H groups in total. The van der Waals surface area contributed by atoms with Crippen molar-refractivity contribution in [2.75, 3.05) is 27.2 Å². The van der Waals surface area contributed by atoms with E-state index >= 15 is 0 Å². The fraction of sp³-hybridized carbons (Fsp3) is 0.538. The number of benzene rings is 1. The van der Waals surface area contributed by atoms with Gasteiger partial charge < -0.3 is 10.2 Å². The molecule has 0 unspecified atom stereocenters. The minimum absolute atomic E-state index is 1.02. The van der Waals surface area contributed by atoms with Gasteiger partial charge in [0, 0.05) is 6.54 Å². The maximum absolute atomic E-state index is 3.34. The molecule has 2 heteroatoms. The molecule has 0 saturated heterocycles. The van der Waals surface area contributed by atoms with Gasteiger partial charge in [0.05, 0.1) is 0 Å². The molecule has 2 nitrogen and oxygen atoms in total. The highest BCUT2D eigenvalue weighted by Crippen LogP contribution is 2.06. The Morgan fingerprint density at radius 1 is 1.07 bits per heavy atom. The standard InChI is InChI=1S/C13H22N2/c1-4-14-10-9-12-5-7-13(8-6-12)11-15(2)3/h5-8,14H,4,9-11H2,1-3H3. The summed E-state index contributed by atoms with van der Waals surface area (Å²) in [6, 6.07) is 8.91. The van der Waals surface area contributed by atoms with E-state index in [4.69, 9.17) is 0 Å². The Labute approximate surface area is 93.3 Å². The Morgan fingerprint density at radius 2 is 1.67 bits per heavy atom. The van der Waals surface area contributed by atoms with Crippen LogP contribution in [0.4, 0.5) is 0 Å². The van der Waals surface area contributed by atoms with Gasteiger partial charge in [-0.1, -0.05) is 31.2 Å². The Balaban J connectivity index is 2.42. The topological polar surface area (TPSA) is 15.3 Å². The summed E-state index contributed by atoms with van der Waals surface area (Å²) in [4.78, 5) is 2.19. The normalized spacial score (nSPS) is 10.9. The van der Waals surface area contributed by atoms with E-state index in [1.54, 1.807) is 0 Å². The molecule has 0 aliphatic heterocycles. The minimum Gasteiger partial charge on any atom is -0.317 e. The van der Waals surface area contributed by atoms with Crippen LogP contribution >= 0.6 is 0 Å². The lowest BCUT2D eigenvalue weighted by molar-refractivity contribution is 0.402. The Morgan fingerprint density at radius 3 is 2.20 bits per heavy atom. The maximum Gasteiger partial charge on any atom is 0.0227 e. The van der Waals surface area contributed by atoms with E-state index in [-0.39, 0.29) is 0 Å². The van der Waals surface area contributed by atoms with E-state index in [0.717, 1.165) is 26.1 Å². The van der Waals surface area contributed by atoms with Crippen LogP contribution in [0, 0.1) is 0 Å². The van der Waals surface area contributed by atoms with Crippen molar-refractivity contribution < 1.29 is 0 Å². The molecule has 0 saturated carbocycles. The van der Waals surface area contributed by atoms with E-state index in [9.17, 15) is 0 Å². The average Bonchev–Trinajstić information content (AvgIpc) is 2.20. The average molecular weight is 206 g/mol. The number of likely N-dealkylation sites (N-methyl/N-ethyl adjacent to an activating group) is 1. The third-order valence-electron chi connectivity index (χ3n) is 2.36. The summed E-state index contributed by atoms with van der Waals surface area (Å²) in [5, 5.41) is 3.34. The summed E-state index contributed by atoms with van der Waals surface area (Å²) in [6.45, 7) is 5.29. The molecule has 0 aliphatic carbocycles. The molecule has 0 fully saturated rings. The Kier molecular flexibility index (Phi) is 5.37. The highest BCUT2D eigenvalue weighted by atomic mass is 15.0. The smallest absolute Gasteiger partial charge is 0.0227 e. The lowest BCUT2D eigenvalue weighted by Gasteiger charge is -2.10. The zero-order valence-corrected chi connectivity index (χ0v) is 10.1. The molecule has 1 aromatic carbocycles. The van der Waals surface area contributed by atoms with Crippen LogP contribution in [-0.2, 0) is 13.0 Å². The molecule has 1 rings (SSSR count). The summed E-state index contributed by atoms with van der Waals surface area (Å²) >= 11 is 0. The van der Waals surface area contributed by atoms with Crippen LogP contribution < -0.4 is 5.32 Å². The van der Waals surface area contributed by atoms with Gasteiger partial charge in [-0.3, -0.25) is 0 Å². The van der Waals surface area contributed by atoms with Gasteiger partial charge in [0.25, 0.3) is 0 Å². The maximum atomic E-state index is 3.34. The predicted molar refractivity (Wildman–Crippen MR) is 66.1 cm³/mol. The third-order valence-corrected chi connectivity index (χ3v) is 2.36. The number of nitrogens with one attached hydrogen (secondary N) is 1. The third kappa shape index (κ3) is 4.96. The lowest BCUT2D eigenvalue weighted by atomic mass is 10.1. The summed E-state index contributed by atoms with van der Waals surface area (Å²) < 4.78 is 0. The molecule has 0 amide bonds. The van der Waals surface area contributed by atoms with Gasteiger partial charge >= 0.3 is 0 Å². The van der Waals surface area contributed by atoms with Crippen LogP contribution in [0.2, 0.25) is 0 Å². The quantitative estimate of drug-likeness (QED) is 0.715. The van der Waals surface area contributed by atoms with E-state index in [1.165, 1.54) is 11.1 Å². The van der Waals surface area contributed by atoms with Crippen molar-refractivity contribution in [3.63, 3.8) is 0 Å². The lowest BCUT2D eigenvalue weighted by Crippen LogP contribution is -2.16. The molecule has 0 atom stereocenters. The molecule has 0 aromatic heterocycles. The van der Waals surface area contributed by atoms with Crippen molar-refractivity contribution in [2.24, 2.45) is 0 Å². The zero-order chi connectivity index (χ0) is 11.1. The molecular weight excluding hydrogens is 184 g/mol. The number of hydrogen-bond donors (Lipinski definition) is 1. The van der Waals surface area contributed by atoms with Crippen LogP contribution in [0.15, 0.2) is 24.3 Å². The second-order valence-electron chi connectivity index (χ2n) is 4.16. The second kappa shape index (κ2) is 6.59. The molecular formula is C13H22N2. The molecule has 0 radical (unpaired) electrons. The van der Waals surface area contributed by atoms with Gasteiger partial charge in [-0.05, 0) is 44.7 Å². The van der Waals surface area contributed by atoms with Gasteiger partial charge in [-0.15, -0.1) is 0 Å². The van der Waals surface area contributed by atoms with E-state index in [2.05, 4.69) is 55.5 Å². The van der Waals surface area contributed by atoms with E-state index in [0.29, 0.717) is 0 Å². The van der Waals surface area contributed by atoms with E-state index < -0.39 is 0 Å². The molecule has 0 bridgehead atoms. The summed E-state index contributed by atoms with van der Waals surface area (Å²) in [5.41, 5.74) is 2.80. The summed E-state index contributed by atoms with van der Waals surface area (Å²) in [7, 11) is 4.19. The van der Waals surface area contributed by atoms with Gasteiger partial charge in [0.1, 0.15) is 0 Å². The number of hydrogen-bond acceptors (Lipinski definition) is 2. The van der Waals surface area contributed by atoms with Crippen molar-refractivity contribution >= 4 is 0 Å². The highest BCUT2D eigenvalue weighted by Gasteiger charge is 1.96. The van der Waals surface area contributed by atoms with Gasteiger partial charge in [0.15, 0.2) is 0 Å². The van der Waals surface area contributed by atoms with Gasteiger partial charge in [-0.2, -0.15) is 0 Å². The SMILES string of the molecule is CCNCCc1ccc(CN(C)C)cc1. The van der Waals surface area contributed by atoms with Crippen LogP contribution in [0.1, 0.15) is 18.1 Å². The fourth-order valence-corrected chi connectivity index (χ4v) is 1.59. The van der Waals surface area contributed by atoms with Crippen molar-refractivity contribution in [1.82, 2.24) is 10.2 Å². The van der Waals surface area contributed by atoms with Gasteiger partial charge in [0.2, 0.25) is 0 Å². The first-order chi connectivity index (χ1) is 7.22. The zero-order valence-electron chi connectivity index (χ0n) is 10.1. The number of nitrogens with zero attached hydrogens (tertiary/aromatic N) is 1. The summed E-state index contributed by atoms with van der Waals surface area (Å²) in [5.74, 6) is 0. The van der Waals surface area contributed by atoms with Crippen LogP contribution in [0.5, 0.6) is 0 Å². The van der Waals surface area contributed by atoms with Crippen molar-refractivity contribution in [1.29, 1.82) is 0 Å². The second-order valence-corrected chi connectivity index (χ2v) is 4.16. The fourth-order valence-electron chi connectivity index (χ4n) is 1.59. The molecule has 15 heavy (non-hydrogen) atoms. The first kappa shape index (κ1) is 12.2. The van der Waals surface area contributed by atoms with Crippen molar-refractivity contribution in [3.8, 4) is 0 Å². The van der Waals surface area contributed by atoms with Crippen molar-refractivity contribution in [3.05, 3.63) is 35.4 Å². The first-order valence-electron chi connectivity index (χ1n) is 5.65. The Bertz CT molecular complexity index is 264. The Hall–Kier alpha value is -0.860. The molecule has 1 aromatic rings. The number of rotatable bonds is 6.